The van der Waals surface area contributed by atoms with E-state index in [2.05, 4.69) is 5.32 Å². The van der Waals surface area contributed by atoms with Gasteiger partial charge in [0.15, 0.2) is 6.29 Å². The Kier molecular flexibility index (Phi) is 5.63. The lowest BCUT2D eigenvalue weighted by Crippen LogP contribution is -2.64. The molecule has 0 aromatic carbocycles. The standard InChI is InChI=1S/C10H17NO8/c1-4(13)11-7-9(18-3-6(14)15)8(16)5(2-12)19-10(7)17/h5,7-10,12,16-17H,2-3H2,1H3,(H,11,13)(H,14,15)/t5-,7-,8-,9-,10?/m1/s1. The first kappa shape index (κ1) is 15.8. The van der Waals surface area contributed by atoms with Gasteiger partial charge in [0.2, 0.25) is 5.91 Å². The molecule has 1 amide bonds. The highest BCUT2D eigenvalue weighted by Crippen LogP contribution is 2.22. The van der Waals surface area contributed by atoms with Crippen molar-refractivity contribution >= 4 is 11.9 Å². The zero-order valence-electron chi connectivity index (χ0n) is 10.2. The van der Waals surface area contributed by atoms with Gasteiger partial charge >= 0.3 is 5.97 Å². The molecular formula is C10H17NO8. The molecule has 9 nitrogen and oxygen atoms in total. The fourth-order valence-corrected chi connectivity index (χ4v) is 1.84. The van der Waals surface area contributed by atoms with Crippen molar-refractivity contribution in [2.45, 2.75) is 37.6 Å². The molecule has 1 aliphatic heterocycles. The second-order valence-electron chi connectivity index (χ2n) is 4.13. The minimum Gasteiger partial charge on any atom is -0.480 e. The maximum atomic E-state index is 11.0. The molecule has 0 spiro atoms. The summed E-state index contributed by atoms with van der Waals surface area (Å²) in [4.78, 5) is 21.5. The van der Waals surface area contributed by atoms with Crippen LogP contribution in [0.1, 0.15) is 6.92 Å². The molecule has 1 heterocycles. The number of rotatable bonds is 5. The molecule has 110 valence electrons. The highest BCUT2D eigenvalue weighted by Gasteiger charge is 2.45. The minimum absolute atomic E-state index is 0.508. The van der Waals surface area contributed by atoms with Crippen molar-refractivity contribution < 1.29 is 39.5 Å². The van der Waals surface area contributed by atoms with Gasteiger partial charge < -0.3 is 35.2 Å². The molecule has 19 heavy (non-hydrogen) atoms. The smallest absolute Gasteiger partial charge is 0.329 e. The Balaban J connectivity index is 2.83. The molecule has 0 saturated carbocycles. The molecule has 0 bridgehead atoms. The van der Waals surface area contributed by atoms with E-state index in [1.165, 1.54) is 6.92 Å². The van der Waals surface area contributed by atoms with Crippen molar-refractivity contribution in [2.75, 3.05) is 13.2 Å². The summed E-state index contributed by atoms with van der Waals surface area (Å²) in [5.41, 5.74) is 0. The monoisotopic (exact) mass is 279 g/mol. The third-order valence-electron chi connectivity index (χ3n) is 2.64. The van der Waals surface area contributed by atoms with Crippen molar-refractivity contribution in [3.8, 4) is 0 Å². The first-order chi connectivity index (χ1) is 8.86. The second kappa shape index (κ2) is 6.78. The highest BCUT2D eigenvalue weighted by molar-refractivity contribution is 5.73. The second-order valence-corrected chi connectivity index (χ2v) is 4.13. The SMILES string of the molecule is CC(=O)N[C@H]1C(O)O[C@H](CO)[C@@H](O)[C@@H]1OCC(=O)O. The molecular weight excluding hydrogens is 262 g/mol. The van der Waals surface area contributed by atoms with Gasteiger partial charge in [0, 0.05) is 6.92 Å². The average molecular weight is 279 g/mol. The zero-order valence-corrected chi connectivity index (χ0v) is 10.2. The van der Waals surface area contributed by atoms with Crippen LogP contribution in [0, 0.1) is 0 Å². The predicted octanol–water partition coefficient (Wildman–Crippen LogP) is -2.97. The van der Waals surface area contributed by atoms with Crippen molar-refractivity contribution in [1.82, 2.24) is 5.32 Å². The normalized spacial score (nSPS) is 34.8. The molecule has 0 aromatic heterocycles. The first-order valence-corrected chi connectivity index (χ1v) is 5.59. The quantitative estimate of drug-likeness (QED) is 0.358. The lowest BCUT2D eigenvalue weighted by Gasteiger charge is -2.42. The maximum absolute atomic E-state index is 11.0. The number of hydrogen-bond acceptors (Lipinski definition) is 7. The van der Waals surface area contributed by atoms with Crippen LogP contribution in [-0.4, -0.2) is 76.2 Å². The average Bonchev–Trinajstić information content (AvgIpc) is 2.32. The fourth-order valence-electron chi connectivity index (χ4n) is 1.84. The van der Waals surface area contributed by atoms with E-state index in [0.717, 1.165) is 0 Å². The molecule has 1 fully saturated rings. The van der Waals surface area contributed by atoms with Gasteiger partial charge in [-0.25, -0.2) is 4.79 Å². The van der Waals surface area contributed by atoms with E-state index in [1.54, 1.807) is 0 Å². The third-order valence-corrected chi connectivity index (χ3v) is 2.64. The maximum Gasteiger partial charge on any atom is 0.329 e. The Morgan fingerprint density at radius 3 is 2.47 bits per heavy atom. The number of nitrogens with one attached hydrogen (secondary N) is 1. The van der Waals surface area contributed by atoms with Gasteiger partial charge in [-0.3, -0.25) is 4.79 Å². The number of ether oxygens (including phenoxy) is 2. The first-order valence-electron chi connectivity index (χ1n) is 5.59. The van der Waals surface area contributed by atoms with Crippen LogP contribution in [0.3, 0.4) is 0 Å². The lowest BCUT2D eigenvalue weighted by molar-refractivity contribution is -0.261. The molecule has 0 aromatic rings. The van der Waals surface area contributed by atoms with Crippen molar-refractivity contribution in [3.63, 3.8) is 0 Å². The number of carboxylic acids is 1. The zero-order chi connectivity index (χ0) is 14.6. The summed E-state index contributed by atoms with van der Waals surface area (Å²) in [5.74, 6) is -1.78. The molecule has 1 saturated heterocycles. The van der Waals surface area contributed by atoms with Gasteiger partial charge in [0.1, 0.15) is 31.0 Å². The summed E-state index contributed by atoms with van der Waals surface area (Å²) in [6.45, 7) is -0.119. The molecule has 1 aliphatic rings. The molecule has 0 aliphatic carbocycles. The summed E-state index contributed by atoms with van der Waals surface area (Å²) < 4.78 is 9.87. The number of carboxylic acid groups (broad SMARTS) is 1. The molecule has 5 N–H and O–H groups in total. The van der Waals surface area contributed by atoms with Gasteiger partial charge in [-0.1, -0.05) is 0 Å². The Morgan fingerprint density at radius 1 is 1.37 bits per heavy atom. The lowest BCUT2D eigenvalue weighted by atomic mass is 9.96. The number of carbonyl (C=O) groups excluding carboxylic acids is 1. The van der Waals surface area contributed by atoms with Gasteiger partial charge in [-0.05, 0) is 0 Å². The van der Waals surface area contributed by atoms with Crippen LogP contribution in [0.5, 0.6) is 0 Å². The molecule has 5 atom stereocenters. The third kappa shape index (κ3) is 4.11. The number of aliphatic carboxylic acids is 1. The van der Waals surface area contributed by atoms with E-state index in [0.29, 0.717) is 0 Å². The van der Waals surface area contributed by atoms with E-state index < -0.39 is 55.7 Å². The summed E-state index contributed by atoms with van der Waals surface area (Å²) in [6, 6.07) is -1.13. The predicted molar refractivity (Wildman–Crippen MR) is 59.0 cm³/mol. The van der Waals surface area contributed by atoms with Crippen molar-refractivity contribution in [1.29, 1.82) is 0 Å². The van der Waals surface area contributed by atoms with Crippen LogP contribution in [0.15, 0.2) is 0 Å². The summed E-state index contributed by atoms with van der Waals surface area (Å²) in [6.07, 6.45) is -5.24. The number of aliphatic hydroxyl groups is 3. The molecule has 1 unspecified atom stereocenters. The minimum atomic E-state index is -1.52. The highest BCUT2D eigenvalue weighted by atomic mass is 16.6. The van der Waals surface area contributed by atoms with Gasteiger partial charge in [-0.15, -0.1) is 0 Å². The topological polar surface area (TPSA) is 146 Å². The van der Waals surface area contributed by atoms with E-state index >= 15 is 0 Å². The Morgan fingerprint density at radius 2 is 2.00 bits per heavy atom. The Labute approximate surface area is 108 Å². The van der Waals surface area contributed by atoms with Gasteiger partial charge in [0.25, 0.3) is 0 Å². The van der Waals surface area contributed by atoms with Crippen LogP contribution in [0.2, 0.25) is 0 Å². The van der Waals surface area contributed by atoms with Gasteiger partial charge in [-0.2, -0.15) is 0 Å². The Hall–Kier alpha value is -1.26. The number of hydrogen-bond donors (Lipinski definition) is 5. The van der Waals surface area contributed by atoms with Crippen LogP contribution in [-0.2, 0) is 19.1 Å². The molecule has 0 radical (unpaired) electrons. The summed E-state index contributed by atoms with van der Waals surface area (Å²) >= 11 is 0. The van der Waals surface area contributed by atoms with Crippen molar-refractivity contribution in [2.24, 2.45) is 0 Å². The van der Waals surface area contributed by atoms with E-state index in [9.17, 15) is 19.8 Å². The fraction of sp³-hybridized carbons (Fsp3) is 0.800. The summed E-state index contributed by atoms with van der Waals surface area (Å²) in [5, 5.41) is 39.4. The number of amides is 1. The van der Waals surface area contributed by atoms with Crippen molar-refractivity contribution in [3.05, 3.63) is 0 Å². The molecule has 9 heteroatoms. The van der Waals surface area contributed by atoms with Crippen LogP contribution in [0.4, 0.5) is 0 Å². The van der Waals surface area contributed by atoms with Crippen LogP contribution < -0.4 is 5.32 Å². The Bertz CT molecular complexity index is 335. The van der Waals surface area contributed by atoms with Crippen LogP contribution >= 0.6 is 0 Å². The van der Waals surface area contributed by atoms with Gasteiger partial charge in [0.05, 0.1) is 6.61 Å². The van der Waals surface area contributed by atoms with E-state index in [4.69, 9.17) is 19.7 Å². The van der Waals surface area contributed by atoms with E-state index in [-0.39, 0.29) is 0 Å². The molecule has 1 rings (SSSR count). The number of aliphatic hydroxyl groups excluding tert-OH is 3. The largest absolute Gasteiger partial charge is 0.480 e. The van der Waals surface area contributed by atoms with Crippen LogP contribution in [0.25, 0.3) is 0 Å². The number of carbonyl (C=O) groups is 2. The van der Waals surface area contributed by atoms with E-state index in [1.807, 2.05) is 0 Å². The summed E-state index contributed by atoms with van der Waals surface area (Å²) in [7, 11) is 0.